The second kappa shape index (κ2) is 10.7. The van der Waals surface area contributed by atoms with Crippen LogP contribution in [0.4, 0.5) is 13.9 Å². The molecular formula is C22H21Br2F2N3O4S2. The summed E-state index contributed by atoms with van der Waals surface area (Å²) in [4.78, 5) is 5.99. The number of rotatable bonds is 7. The first-order valence-corrected chi connectivity index (χ1v) is 14.3. The van der Waals surface area contributed by atoms with Gasteiger partial charge in [-0.25, -0.2) is 22.2 Å². The zero-order chi connectivity index (χ0) is 25.3. The number of methoxy groups -OCH3 is 2. The van der Waals surface area contributed by atoms with Crippen LogP contribution in [-0.2, 0) is 16.4 Å². The lowest BCUT2D eigenvalue weighted by atomic mass is 10.1. The Morgan fingerprint density at radius 1 is 1.06 bits per heavy atom. The maximum atomic E-state index is 14.6. The molecule has 35 heavy (non-hydrogen) atoms. The first-order valence-electron chi connectivity index (χ1n) is 10.4. The number of ether oxygens (including phenoxy) is 2. The molecule has 0 saturated carbocycles. The highest BCUT2D eigenvalue weighted by Crippen LogP contribution is 2.35. The molecule has 1 aliphatic heterocycles. The van der Waals surface area contributed by atoms with Gasteiger partial charge >= 0.3 is 0 Å². The molecular weight excluding hydrogens is 632 g/mol. The summed E-state index contributed by atoms with van der Waals surface area (Å²) >= 11 is 7.24. The number of piperazine rings is 1. The zero-order valence-corrected chi connectivity index (χ0v) is 23.5. The van der Waals surface area contributed by atoms with Crippen molar-refractivity contribution < 1.29 is 26.7 Å². The van der Waals surface area contributed by atoms with Crippen LogP contribution in [-0.4, -0.2) is 58.1 Å². The van der Waals surface area contributed by atoms with Crippen LogP contribution < -0.4 is 14.4 Å². The quantitative estimate of drug-likeness (QED) is 0.332. The third kappa shape index (κ3) is 5.33. The maximum absolute atomic E-state index is 14.6. The van der Waals surface area contributed by atoms with E-state index < -0.39 is 31.0 Å². The van der Waals surface area contributed by atoms with Gasteiger partial charge in [0, 0.05) is 38.0 Å². The monoisotopic (exact) mass is 651 g/mol. The fourth-order valence-corrected chi connectivity index (χ4v) is 7.62. The van der Waals surface area contributed by atoms with E-state index in [0.717, 1.165) is 26.8 Å². The average Bonchev–Trinajstić information content (AvgIpc) is 3.31. The first-order chi connectivity index (χ1) is 16.6. The average molecular weight is 653 g/mol. The Kier molecular flexibility index (Phi) is 8.01. The molecule has 1 aromatic heterocycles. The van der Waals surface area contributed by atoms with Gasteiger partial charge in [0.1, 0.15) is 10.7 Å². The molecule has 0 atom stereocenters. The van der Waals surface area contributed by atoms with E-state index in [2.05, 4.69) is 31.9 Å². The van der Waals surface area contributed by atoms with E-state index in [-0.39, 0.29) is 17.6 Å². The van der Waals surface area contributed by atoms with E-state index in [4.69, 9.17) is 14.5 Å². The Morgan fingerprint density at radius 2 is 1.74 bits per heavy atom. The first kappa shape index (κ1) is 26.3. The molecule has 7 nitrogen and oxygen atoms in total. The van der Waals surface area contributed by atoms with Crippen molar-refractivity contribution >= 4 is 58.4 Å². The molecule has 1 aliphatic rings. The van der Waals surface area contributed by atoms with Crippen LogP contribution in [0.5, 0.6) is 11.5 Å². The van der Waals surface area contributed by atoms with Gasteiger partial charge in [-0.15, -0.1) is 11.3 Å². The van der Waals surface area contributed by atoms with Gasteiger partial charge in [0.2, 0.25) is 10.0 Å². The highest BCUT2D eigenvalue weighted by Gasteiger charge is 2.35. The molecule has 1 saturated heterocycles. The predicted octanol–water partition coefficient (Wildman–Crippen LogP) is 5.07. The lowest BCUT2D eigenvalue weighted by Gasteiger charge is -2.34. The summed E-state index contributed by atoms with van der Waals surface area (Å²) in [6, 6.07) is 6.59. The molecule has 3 aromatic rings. The standard InChI is InChI=1S/C22H21Br2F2N3O4S2/c1-32-17-4-3-13(10-18(17)33-2)9-14-12-34-22(27-14)28-5-7-29(8-6-28)35(30,31)21-19(24)16(25)11-15(23)20(21)26/h3-4,10-12H,5-9H2,1-2H3. The summed E-state index contributed by atoms with van der Waals surface area (Å²) < 4.78 is 66.0. The molecule has 1 fully saturated rings. The van der Waals surface area contributed by atoms with Gasteiger partial charge in [0.25, 0.3) is 0 Å². The number of hydrogen-bond donors (Lipinski definition) is 0. The Labute approximate surface area is 223 Å². The molecule has 0 unspecified atom stereocenters. The van der Waals surface area contributed by atoms with Crippen LogP contribution in [0.2, 0.25) is 0 Å². The lowest BCUT2D eigenvalue weighted by Crippen LogP contribution is -2.49. The third-order valence-electron chi connectivity index (χ3n) is 5.55. The van der Waals surface area contributed by atoms with E-state index in [1.807, 2.05) is 28.5 Å². The SMILES string of the molecule is COc1ccc(Cc2csc(N3CCN(S(=O)(=O)c4c(F)c(Br)cc(F)c4Br)CC3)n2)cc1OC. The summed E-state index contributed by atoms with van der Waals surface area (Å²) in [5.74, 6) is -0.590. The van der Waals surface area contributed by atoms with Gasteiger partial charge in [-0.1, -0.05) is 6.07 Å². The summed E-state index contributed by atoms with van der Waals surface area (Å²) in [6.45, 7) is 0.983. The molecule has 2 heterocycles. The van der Waals surface area contributed by atoms with Crippen LogP contribution in [0.15, 0.2) is 43.5 Å². The summed E-state index contributed by atoms with van der Waals surface area (Å²) in [5.41, 5.74) is 1.90. The van der Waals surface area contributed by atoms with Crippen molar-refractivity contribution in [3.63, 3.8) is 0 Å². The minimum Gasteiger partial charge on any atom is -0.493 e. The number of sulfonamides is 1. The normalized spacial score (nSPS) is 14.9. The van der Waals surface area contributed by atoms with Gasteiger partial charge < -0.3 is 14.4 Å². The van der Waals surface area contributed by atoms with Crippen molar-refractivity contribution in [3.05, 3.63) is 61.5 Å². The van der Waals surface area contributed by atoms with Crippen LogP contribution in [0.25, 0.3) is 0 Å². The number of anilines is 1. The maximum Gasteiger partial charge on any atom is 0.247 e. The second-order valence-electron chi connectivity index (χ2n) is 7.68. The summed E-state index contributed by atoms with van der Waals surface area (Å²) in [6.07, 6.45) is 0.604. The molecule has 188 valence electrons. The van der Waals surface area contributed by atoms with E-state index in [1.165, 1.54) is 11.3 Å². The summed E-state index contributed by atoms with van der Waals surface area (Å²) in [7, 11) is -1.08. The fraction of sp³-hybridized carbons (Fsp3) is 0.318. The second-order valence-corrected chi connectivity index (χ2v) is 12.0. The van der Waals surface area contributed by atoms with Crippen LogP contribution in [0, 0.1) is 11.6 Å². The van der Waals surface area contributed by atoms with Gasteiger partial charge in [0.15, 0.2) is 22.4 Å². The van der Waals surface area contributed by atoms with E-state index in [0.29, 0.717) is 31.0 Å². The zero-order valence-electron chi connectivity index (χ0n) is 18.7. The van der Waals surface area contributed by atoms with E-state index in [9.17, 15) is 17.2 Å². The molecule has 0 spiro atoms. The fourth-order valence-electron chi connectivity index (χ4n) is 3.75. The number of nitrogens with zero attached hydrogens (tertiary/aromatic N) is 3. The third-order valence-corrected chi connectivity index (χ3v) is 10.1. The van der Waals surface area contributed by atoms with E-state index >= 15 is 0 Å². The van der Waals surface area contributed by atoms with Crippen molar-refractivity contribution in [1.29, 1.82) is 0 Å². The van der Waals surface area contributed by atoms with Crippen LogP contribution in [0.3, 0.4) is 0 Å². The van der Waals surface area contributed by atoms with Gasteiger partial charge in [-0.05, 0) is 55.6 Å². The molecule has 0 aliphatic carbocycles. The number of benzene rings is 2. The van der Waals surface area contributed by atoms with Gasteiger partial charge in [-0.3, -0.25) is 0 Å². The highest BCUT2D eigenvalue weighted by atomic mass is 79.9. The smallest absolute Gasteiger partial charge is 0.247 e. The Hall–Kier alpha value is -1.80. The Morgan fingerprint density at radius 3 is 2.40 bits per heavy atom. The predicted molar refractivity (Wildman–Crippen MR) is 137 cm³/mol. The molecule has 13 heteroatoms. The molecule has 0 bridgehead atoms. The molecule has 0 N–H and O–H groups in total. The minimum absolute atomic E-state index is 0.118. The van der Waals surface area contributed by atoms with Crippen molar-refractivity contribution in [1.82, 2.24) is 9.29 Å². The largest absolute Gasteiger partial charge is 0.493 e. The lowest BCUT2D eigenvalue weighted by molar-refractivity contribution is 0.354. The van der Waals surface area contributed by atoms with Gasteiger partial charge in [0.05, 0.1) is 28.9 Å². The van der Waals surface area contributed by atoms with Crippen molar-refractivity contribution in [2.75, 3.05) is 45.3 Å². The molecule has 2 aromatic carbocycles. The molecule has 4 rings (SSSR count). The Bertz CT molecular complexity index is 1320. The minimum atomic E-state index is -4.25. The number of hydrogen-bond acceptors (Lipinski definition) is 7. The highest BCUT2D eigenvalue weighted by molar-refractivity contribution is 9.11. The molecule has 0 radical (unpaired) electrons. The molecule has 0 amide bonds. The Balaban J connectivity index is 1.45. The van der Waals surface area contributed by atoms with E-state index in [1.54, 1.807) is 14.2 Å². The summed E-state index contributed by atoms with van der Waals surface area (Å²) in [5, 5.41) is 2.74. The van der Waals surface area contributed by atoms with Crippen molar-refractivity contribution in [2.24, 2.45) is 0 Å². The number of aromatic nitrogens is 1. The van der Waals surface area contributed by atoms with Crippen molar-refractivity contribution in [2.45, 2.75) is 11.3 Å². The topological polar surface area (TPSA) is 72.0 Å². The number of thiazole rings is 1. The van der Waals surface area contributed by atoms with Crippen molar-refractivity contribution in [3.8, 4) is 11.5 Å². The van der Waals surface area contributed by atoms with Gasteiger partial charge in [-0.2, -0.15) is 4.31 Å². The van der Waals surface area contributed by atoms with Crippen LogP contribution >= 0.6 is 43.2 Å². The number of halogens is 4. The van der Waals surface area contributed by atoms with Crippen LogP contribution in [0.1, 0.15) is 11.3 Å².